The second-order valence-corrected chi connectivity index (χ2v) is 7.42. The highest BCUT2D eigenvalue weighted by Crippen LogP contribution is 2.26. The van der Waals surface area contributed by atoms with Crippen molar-refractivity contribution in [1.82, 2.24) is 10.3 Å². The standard InChI is InChI=1S/C17H19BrN2O3S/c1-10(2)15(17(22)23-3)20-14(21)8-13-9-24-16(19-13)11-5-4-6-12(18)7-11/h4-7,9-10,15H,8H2,1-3H3,(H,20,21)/t15-/m0/s1. The van der Waals surface area contributed by atoms with Crippen molar-refractivity contribution in [1.29, 1.82) is 0 Å². The largest absolute Gasteiger partial charge is 0.467 e. The number of nitrogens with one attached hydrogen (secondary N) is 1. The van der Waals surface area contributed by atoms with E-state index in [0.717, 1.165) is 15.0 Å². The fourth-order valence-electron chi connectivity index (χ4n) is 2.16. The number of amides is 1. The second kappa shape index (κ2) is 8.39. The van der Waals surface area contributed by atoms with Crippen LogP contribution in [0.15, 0.2) is 34.1 Å². The molecule has 24 heavy (non-hydrogen) atoms. The molecular weight excluding hydrogens is 392 g/mol. The Morgan fingerprint density at radius 2 is 2.12 bits per heavy atom. The smallest absolute Gasteiger partial charge is 0.328 e. The molecular formula is C17H19BrN2O3S. The Morgan fingerprint density at radius 1 is 1.38 bits per heavy atom. The molecule has 0 aliphatic carbocycles. The van der Waals surface area contributed by atoms with Gasteiger partial charge in [0.1, 0.15) is 11.0 Å². The number of thiazole rings is 1. The van der Waals surface area contributed by atoms with Gasteiger partial charge in [0.2, 0.25) is 5.91 Å². The first-order valence-electron chi connectivity index (χ1n) is 7.48. The van der Waals surface area contributed by atoms with Crippen molar-refractivity contribution >= 4 is 39.1 Å². The predicted octanol–water partition coefficient (Wildman–Crippen LogP) is 3.43. The number of ether oxygens (including phenoxy) is 1. The van der Waals surface area contributed by atoms with E-state index >= 15 is 0 Å². The zero-order valence-electron chi connectivity index (χ0n) is 13.7. The molecule has 7 heteroatoms. The monoisotopic (exact) mass is 410 g/mol. The van der Waals surface area contributed by atoms with E-state index in [9.17, 15) is 9.59 Å². The Hall–Kier alpha value is -1.73. The van der Waals surface area contributed by atoms with Crippen LogP contribution in [0.3, 0.4) is 0 Å². The number of hydrogen-bond donors (Lipinski definition) is 1. The third-order valence-electron chi connectivity index (χ3n) is 3.40. The van der Waals surface area contributed by atoms with Crippen LogP contribution in [0, 0.1) is 5.92 Å². The molecule has 128 valence electrons. The van der Waals surface area contributed by atoms with Crippen LogP contribution in [0.5, 0.6) is 0 Å². The first-order valence-corrected chi connectivity index (χ1v) is 9.15. The summed E-state index contributed by atoms with van der Waals surface area (Å²) in [5, 5.41) is 5.43. The third-order valence-corrected chi connectivity index (χ3v) is 4.84. The van der Waals surface area contributed by atoms with E-state index < -0.39 is 12.0 Å². The number of aromatic nitrogens is 1. The third kappa shape index (κ3) is 4.88. The predicted molar refractivity (Wildman–Crippen MR) is 97.7 cm³/mol. The normalized spacial score (nSPS) is 12.0. The molecule has 1 atom stereocenters. The summed E-state index contributed by atoms with van der Waals surface area (Å²) in [4.78, 5) is 28.4. The fourth-order valence-corrected chi connectivity index (χ4v) is 3.37. The average molecular weight is 411 g/mol. The molecule has 0 radical (unpaired) electrons. The highest BCUT2D eigenvalue weighted by atomic mass is 79.9. The number of benzene rings is 1. The van der Waals surface area contributed by atoms with Gasteiger partial charge in [0.05, 0.1) is 19.2 Å². The lowest BCUT2D eigenvalue weighted by atomic mass is 10.0. The van der Waals surface area contributed by atoms with E-state index in [-0.39, 0.29) is 18.2 Å². The Morgan fingerprint density at radius 3 is 2.75 bits per heavy atom. The number of methoxy groups -OCH3 is 1. The molecule has 0 bridgehead atoms. The minimum absolute atomic E-state index is 0.0472. The SMILES string of the molecule is COC(=O)[C@@H](NC(=O)Cc1csc(-c2cccc(Br)c2)n1)C(C)C. The van der Waals surface area contributed by atoms with Gasteiger partial charge in [-0.3, -0.25) is 4.79 Å². The molecule has 1 N–H and O–H groups in total. The molecule has 0 spiro atoms. The molecule has 0 aliphatic rings. The number of esters is 1. The Kier molecular flexibility index (Phi) is 6.51. The van der Waals surface area contributed by atoms with Crippen molar-refractivity contribution in [2.45, 2.75) is 26.3 Å². The van der Waals surface area contributed by atoms with Gasteiger partial charge in [0.25, 0.3) is 0 Å². The van der Waals surface area contributed by atoms with E-state index in [1.54, 1.807) is 0 Å². The van der Waals surface area contributed by atoms with Gasteiger partial charge >= 0.3 is 5.97 Å². The van der Waals surface area contributed by atoms with E-state index in [1.165, 1.54) is 18.4 Å². The summed E-state index contributed by atoms with van der Waals surface area (Å²) in [6.45, 7) is 3.71. The van der Waals surface area contributed by atoms with Crippen molar-refractivity contribution < 1.29 is 14.3 Å². The summed E-state index contributed by atoms with van der Waals surface area (Å²) < 4.78 is 5.71. The van der Waals surface area contributed by atoms with Crippen LogP contribution >= 0.6 is 27.3 Å². The lowest BCUT2D eigenvalue weighted by Gasteiger charge is -2.19. The van der Waals surface area contributed by atoms with Crippen molar-refractivity contribution in [3.05, 3.63) is 39.8 Å². The minimum Gasteiger partial charge on any atom is -0.467 e. The van der Waals surface area contributed by atoms with Gasteiger partial charge in [0, 0.05) is 15.4 Å². The van der Waals surface area contributed by atoms with Gasteiger partial charge < -0.3 is 10.1 Å². The maximum Gasteiger partial charge on any atom is 0.328 e. The van der Waals surface area contributed by atoms with Gasteiger partial charge in [-0.15, -0.1) is 11.3 Å². The van der Waals surface area contributed by atoms with Crippen LogP contribution in [0.25, 0.3) is 10.6 Å². The summed E-state index contributed by atoms with van der Waals surface area (Å²) in [5.41, 5.74) is 1.68. The van der Waals surface area contributed by atoms with Crippen molar-refractivity contribution in [2.75, 3.05) is 7.11 Å². The number of nitrogens with zero attached hydrogens (tertiary/aromatic N) is 1. The van der Waals surface area contributed by atoms with Crippen LogP contribution < -0.4 is 5.32 Å². The Bertz CT molecular complexity index is 730. The fraction of sp³-hybridized carbons (Fsp3) is 0.353. The summed E-state index contributed by atoms with van der Waals surface area (Å²) in [6.07, 6.45) is 0.130. The van der Waals surface area contributed by atoms with Gasteiger partial charge in [-0.1, -0.05) is 41.9 Å². The summed E-state index contributed by atoms with van der Waals surface area (Å²) >= 11 is 4.92. The van der Waals surface area contributed by atoms with Crippen LogP contribution in [0.1, 0.15) is 19.5 Å². The minimum atomic E-state index is -0.648. The van der Waals surface area contributed by atoms with Gasteiger partial charge in [-0.05, 0) is 18.1 Å². The number of rotatable bonds is 6. The number of halogens is 1. The highest BCUT2D eigenvalue weighted by molar-refractivity contribution is 9.10. The van der Waals surface area contributed by atoms with Crippen molar-refractivity contribution in [3.63, 3.8) is 0 Å². The molecule has 1 aromatic carbocycles. The Balaban J connectivity index is 2.03. The van der Waals surface area contributed by atoms with Gasteiger partial charge in [-0.25, -0.2) is 9.78 Å². The quantitative estimate of drug-likeness (QED) is 0.740. The molecule has 2 rings (SSSR count). The average Bonchev–Trinajstić information content (AvgIpc) is 3.00. The molecule has 1 heterocycles. The lowest BCUT2D eigenvalue weighted by Crippen LogP contribution is -2.45. The zero-order valence-corrected chi connectivity index (χ0v) is 16.1. The lowest BCUT2D eigenvalue weighted by molar-refractivity contribution is -0.146. The van der Waals surface area contributed by atoms with Crippen LogP contribution in [0.4, 0.5) is 0 Å². The zero-order chi connectivity index (χ0) is 17.7. The maximum absolute atomic E-state index is 12.2. The number of carbonyl (C=O) groups excluding carboxylic acids is 2. The highest BCUT2D eigenvalue weighted by Gasteiger charge is 2.25. The molecule has 1 amide bonds. The first kappa shape index (κ1) is 18.6. The Labute approximate surface area is 153 Å². The van der Waals surface area contributed by atoms with E-state index in [4.69, 9.17) is 4.74 Å². The molecule has 2 aromatic rings. The topological polar surface area (TPSA) is 68.3 Å². The molecule has 0 aliphatic heterocycles. The molecule has 0 unspecified atom stereocenters. The van der Waals surface area contributed by atoms with E-state index in [2.05, 4.69) is 26.2 Å². The van der Waals surface area contributed by atoms with Crippen LogP contribution in [-0.4, -0.2) is 30.0 Å². The van der Waals surface area contributed by atoms with E-state index in [0.29, 0.717) is 5.69 Å². The van der Waals surface area contributed by atoms with Crippen molar-refractivity contribution in [3.8, 4) is 10.6 Å². The summed E-state index contributed by atoms with van der Waals surface area (Å²) in [5.74, 6) is -0.731. The second-order valence-electron chi connectivity index (χ2n) is 5.64. The molecule has 1 aromatic heterocycles. The maximum atomic E-state index is 12.2. The van der Waals surface area contributed by atoms with Crippen molar-refractivity contribution in [2.24, 2.45) is 5.92 Å². The molecule has 0 fully saturated rings. The molecule has 5 nitrogen and oxygen atoms in total. The number of hydrogen-bond acceptors (Lipinski definition) is 5. The van der Waals surface area contributed by atoms with Crippen LogP contribution in [0.2, 0.25) is 0 Å². The van der Waals surface area contributed by atoms with E-state index in [1.807, 2.05) is 43.5 Å². The summed E-state index contributed by atoms with van der Waals surface area (Å²) in [6, 6.07) is 7.20. The summed E-state index contributed by atoms with van der Waals surface area (Å²) in [7, 11) is 1.31. The molecule has 0 saturated heterocycles. The van der Waals surface area contributed by atoms with Crippen LogP contribution in [-0.2, 0) is 20.7 Å². The number of carbonyl (C=O) groups is 2. The van der Waals surface area contributed by atoms with Gasteiger partial charge in [-0.2, -0.15) is 0 Å². The first-order chi connectivity index (χ1) is 11.4. The van der Waals surface area contributed by atoms with Gasteiger partial charge in [0.15, 0.2) is 0 Å². The molecule has 0 saturated carbocycles.